The van der Waals surface area contributed by atoms with E-state index in [0.29, 0.717) is 11.0 Å². The second-order valence-corrected chi connectivity index (χ2v) is 14.2. The lowest BCUT2D eigenvalue weighted by Gasteiger charge is -2.33. The van der Waals surface area contributed by atoms with E-state index in [4.69, 9.17) is 46.3 Å². The normalized spacial score (nSPS) is 29.0. The molecule has 6 heterocycles. The number of hydrogen-bond acceptors (Lipinski definition) is 16. The molecule has 7 N–H and O–H groups in total. The number of aromatic amines is 1. The monoisotopic (exact) mass is 693 g/mol. The molecule has 0 spiro atoms. The van der Waals surface area contributed by atoms with Crippen LogP contribution in [-0.4, -0.2) is 100 Å². The summed E-state index contributed by atoms with van der Waals surface area (Å²) in [5, 5.41) is 17.8. The molecule has 6 rings (SSSR count). The van der Waals surface area contributed by atoms with E-state index in [2.05, 4.69) is 42.5 Å². The largest absolute Gasteiger partial charge is 0.582 e. The molecule has 2 saturated heterocycles. The number of nitrogens with two attached hydrogens (primary N) is 2. The number of fused-ring (bicyclic) bond motifs is 2. The Morgan fingerprint density at radius 1 is 1.32 bits per heavy atom. The molecule has 0 bridgehead atoms. The SMILES string of the molecule is Nc1nc2c(nnn2C2(OP(O)(=S)OCC3OCC(n4ccc5c(N)ncnc54)C3O[P+](=O)S)COC(CO)C2F)c(=O)[nH]1. The first-order valence-electron chi connectivity index (χ1n) is 12.6. The zero-order valence-electron chi connectivity index (χ0n) is 22.1. The lowest BCUT2D eigenvalue weighted by Crippen LogP contribution is -2.47. The minimum atomic E-state index is -4.44. The highest BCUT2D eigenvalue weighted by atomic mass is 32.7. The van der Waals surface area contributed by atoms with E-state index in [1.54, 1.807) is 16.8 Å². The number of halogens is 1. The van der Waals surface area contributed by atoms with E-state index >= 15 is 4.39 Å². The van der Waals surface area contributed by atoms with Gasteiger partial charge in [-0.1, -0.05) is 5.21 Å². The number of ether oxygens (including phenoxy) is 2. The molecule has 8 unspecified atom stereocenters. The van der Waals surface area contributed by atoms with Crippen LogP contribution in [-0.2, 0) is 45.1 Å². The number of nitrogens with zero attached hydrogens (tertiary/aromatic N) is 7. The number of aliphatic hydroxyl groups excluding tert-OH is 1. The average Bonchev–Trinajstić information content (AvgIpc) is 3.73. The summed E-state index contributed by atoms with van der Waals surface area (Å²) in [5.74, 6) is -0.0782. The van der Waals surface area contributed by atoms with Crippen LogP contribution in [0.25, 0.3) is 22.2 Å². The number of anilines is 2. The van der Waals surface area contributed by atoms with Crippen LogP contribution in [0.1, 0.15) is 6.04 Å². The second kappa shape index (κ2) is 11.9. The molecule has 0 amide bonds. The molecule has 0 saturated carbocycles. The molecule has 2 aliphatic rings. The maximum absolute atomic E-state index is 15.9. The first-order chi connectivity index (χ1) is 20.9. The van der Waals surface area contributed by atoms with Gasteiger partial charge in [0.15, 0.2) is 23.4 Å². The Morgan fingerprint density at radius 2 is 2.11 bits per heavy atom. The van der Waals surface area contributed by atoms with E-state index in [-0.39, 0.29) is 29.5 Å². The fourth-order valence-electron chi connectivity index (χ4n) is 5.15. The van der Waals surface area contributed by atoms with Crippen molar-refractivity contribution >= 4 is 72.0 Å². The zero-order valence-corrected chi connectivity index (χ0v) is 25.6. The Balaban J connectivity index is 1.27. The Kier molecular flexibility index (Phi) is 8.43. The van der Waals surface area contributed by atoms with E-state index in [1.165, 1.54) is 6.33 Å². The van der Waals surface area contributed by atoms with Crippen LogP contribution in [0.3, 0.4) is 0 Å². The predicted molar refractivity (Wildman–Crippen MR) is 156 cm³/mol. The van der Waals surface area contributed by atoms with Crippen LogP contribution >= 0.6 is 26.2 Å². The maximum atomic E-state index is 15.9. The molecule has 236 valence electrons. The number of hydrogen-bond donors (Lipinski definition) is 6. The van der Waals surface area contributed by atoms with Crippen molar-refractivity contribution in [3.05, 3.63) is 28.9 Å². The molecule has 24 heteroatoms. The topological polar surface area (TPSA) is 263 Å². The molecule has 0 aliphatic carbocycles. The Hall–Kier alpha value is -2.75. The quantitative estimate of drug-likeness (QED) is 0.0917. The van der Waals surface area contributed by atoms with Gasteiger partial charge in [-0.15, -0.1) is 9.62 Å². The van der Waals surface area contributed by atoms with Crippen LogP contribution in [0.4, 0.5) is 16.2 Å². The highest BCUT2D eigenvalue weighted by Gasteiger charge is 2.58. The molecular formula is C20H24FN10O9P2S2+. The van der Waals surface area contributed by atoms with Gasteiger partial charge in [-0.05, 0) is 22.4 Å². The fourth-order valence-corrected chi connectivity index (χ4v) is 7.55. The molecule has 4 aromatic rings. The minimum absolute atomic E-state index is 0.0353. The van der Waals surface area contributed by atoms with Crippen LogP contribution in [0.15, 0.2) is 23.4 Å². The molecule has 0 radical (unpaired) electrons. The summed E-state index contributed by atoms with van der Waals surface area (Å²) in [6.07, 6.45) is -2.58. The lowest BCUT2D eigenvalue weighted by molar-refractivity contribution is -0.0805. The summed E-state index contributed by atoms with van der Waals surface area (Å²) in [6.45, 7) is -6.29. The van der Waals surface area contributed by atoms with Crippen LogP contribution in [0.5, 0.6) is 0 Å². The van der Waals surface area contributed by atoms with Crippen LogP contribution < -0.4 is 17.0 Å². The van der Waals surface area contributed by atoms with Crippen molar-refractivity contribution in [3.63, 3.8) is 0 Å². The van der Waals surface area contributed by atoms with Gasteiger partial charge in [0, 0.05) is 6.20 Å². The molecule has 8 atom stereocenters. The first kappa shape index (κ1) is 31.2. The Bertz CT molecular complexity index is 1850. The molecule has 4 aromatic heterocycles. The van der Waals surface area contributed by atoms with Gasteiger partial charge in [0.05, 0.1) is 31.2 Å². The molecular weight excluding hydrogens is 669 g/mol. The number of nitrogen functional groups attached to an aromatic ring is 2. The summed E-state index contributed by atoms with van der Waals surface area (Å²) in [7, 11) is -2.43. The highest BCUT2D eigenvalue weighted by molar-refractivity contribution is 8.39. The van der Waals surface area contributed by atoms with Crippen molar-refractivity contribution in [2.45, 2.75) is 36.3 Å². The standard InChI is InChI=1S/C20H23FN10O9P2S2/c21-14-10(3-32)37-6-20(14,31-17-12(28-29-31)18(33)27-19(23)26-17)40-42(35,44)38-5-11-13(39-41(34)43)9(4-36-11)30-2-1-8-15(22)24-7-25-16(8)30/h1-2,7,9-11,13-14,32H,3-6H2,(H6-,22,23,24,25,26,27,29,33,34,35,43,44)/p+1. The van der Waals surface area contributed by atoms with Crippen LogP contribution in [0.2, 0.25) is 0 Å². The third kappa shape index (κ3) is 5.49. The van der Waals surface area contributed by atoms with Gasteiger partial charge in [-0.25, -0.2) is 14.4 Å². The summed E-state index contributed by atoms with van der Waals surface area (Å²) < 4.78 is 58.5. The van der Waals surface area contributed by atoms with E-state index < -0.39 is 75.6 Å². The van der Waals surface area contributed by atoms with Gasteiger partial charge < -0.3 is 40.0 Å². The minimum Gasteiger partial charge on any atom is -0.394 e. The zero-order chi connectivity index (χ0) is 31.4. The predicted octanol–water partition coefficient (Wildman–Crippen LogP) is -0.332. The van der Waals surface area contributed by atoms with Crippen molar-refractivity contribution in [2.24, 2.45) is 0 Å². The third-order valence-electron chi connectivity index (χ3n) is 7.14. The van der Waals surface area contributed by atoms with Crippen LogP contribution in [0, 0.1) is 0 Å². The number of aromatic nitrogens is 8. The Morgan fingerprint density at radius 3 is 2.84 bits per heavy atom. The van der Waals surface area contributed by atoms with E-state index in [1.807, 2.05) is 0 Å². The van der Waals surface area contributed by atoms with Gasteiger partial charge >= 0.3 is 13.9 Å². The summed E-state index contributed by atoms with van der Waals surface area (Å²) >= 11 is 9.11. The number of rotatable bonds is 10. The van der Waals surface area contributed by atoms with Crippen molar-refractivity contribution < 1.29 is 42.0 Å². The molecule has 2 aliphatic heterocycles. The van der Waals surface area contributed by atoms with Gasteiger partial charge in [0.25, 0.3) is 5.56 Å². The summed E-state index contributed by atoms with van der Waals surface area (Å²) in [4.78, 5) is 37.9. The summed E-state index contributed by atoms with van der Waals surface area (Å²) in [5.41, 5.74) is 8.31. The number of nitrogens with one attached hydrogen (secondary N) is 1. The first-order valence-corrected chi connectivity index (χ1v) is 17.5. The maximum Gasteiger partial charge on any atom is 0.582 e. The molecule has 19 nitrogen and oxygen atoms in total. The van der Waals surface area contributed by atoms with Crippen molar-refractivity contribution in [3.8, 4) is 0 Å². The number of aliphatic hydroxyl groups is 1. The third-order valence-corrected chi connectivity index (χ3v) is 9.41. The van der Waals surface area contributed by atoms with E-state index in [0.717, 1.165) is 4.68 Å². The molecule has 0 aromatic carbocycles. The number of H-pyrrole nitrogens is 1. The fraction of sp³-hybridized carbons (Fsp3) is 0.500. The number of alkyl halides is 1. The smallest absolute Gasteiger partial charge is 0.394 e. The van der Waals surface area contributed by atoms with Gasteiger partial charge in [0.2, 0.25) is 11.7 Å². The number of thiol groups is 1. The average molecular weight is 694 g/mol. The van der Waals surface area contributed by atoms with Crippen molar-refractivity contribution in [1.82, 2.24) is 39.5 Å². The van der Waals surface area contributed by atoms with Gasteiger partial charge in [-0.2, -0.15) is 9.67 Å². The Labute approximate surface area is 256 Å². The van der Waals surface area contributed by atoms with E-state index in [9.17, 15) is 19.4 Å². The van der Waals surface area contributed by atoms with Crippen molar-refractivity contribution in [2.75, 3.05) is 37.9 Å². The lowest BCUT2D eigenvalue weighted by atomic mass is 10.1. The van der Waals surface area contributed by atoms with Gasteiger partial charge in [0.1, 0.15) is 48.9 Å². The molecule has 2 fully saturated rings. The van der Waals surface area contributed by atoms with Crippen molar-refractivity contribution in [1.29, 1.82) is 0 Å². The molecule has 44 heavy (non-hydrogen) atoms. The summed E-state index contributed by atoms with van der Waals surface area (Å²) in [6, 6.07) is 1.11. The van der Waals surface area contributed by atoms with Gasteiger partial charge in [-0.3, -0.25) is 14.3 Å². The highest BCUT2D eigenvalue weighted by Crippen LogP contribution is 2.54. The second-order valence-electron chi connectivity index (χ2n) is 9.73.